The van der Waals surface area contributed by atoms with Crippen LogP contribution in [0.3, 0.4) is 0 Å². The summed E-state index contributed by atoms with van der Waals surface area (Å²) in [5.74, 6) is -1.06. The third-order valence-corrected chi connectivity index (χ3v) is 9.98. The molecule has 1 spiro atoms. The summed E-state index contributed by atoms with van der Waals surface area (Å²) in [7, 11) is 1.58. The Bertz CT molecular complexity index is 1160. The number of thioether (sulfide) groups is 1. The number of benzene rings is 2. The monoisotopic (exact) mass is 523 g/mol. The topological polar surface area (TPSA) is 108 Å². The lowest BCUT2D eigenvalue weighted by atomic mass is 9.70. The van der Waals surface area contributed by atoms with Gasteiger partial charge in [0.05, 0.1) is 36.3 Å². The maximum absolute atomic E-state index is 14.0. The van der Waals surface area contributed by atoms with Crippen LogP contribution in [0.1, 0.15) is 31.7 Å². The first-order valence-corrected chi connectivity index (χ1v) is 13.7. The van der Waals surface area contributed by atoms with Crippen LogP contribution in [0.15, 0.2) is 54.6 Å². The first kappa shape index (κ1) is 25.6. The molecule has 6 atom stereocenters. The van der Waals surface area contributed by atoms with E-state index in [9.17, 15) is 19.5 Å². The SMILES string of the molecule is CC[C@@H](CO)N1C(=O)[C@@H]2[C@H](C(=O)NCc3ccccc3)[C@@H]3CCC2(S3)C1C(=O)Nc1ccc(OC)cc1. The summed E-state index contributed by atoms with van der Waals surface area (Å²) >= 11 is 1.62. The number of carbonyl (C=O) groups is 3. The highest BCUT2D eigenvalue weighted by atomic mass is 32.2. The van der Waals surface area contributed by atoms with Crippen LogP contribution in [0.2, 0.25) is 0 Å². The number of nitrogens with one attached hydrogen (secondary N) is 2. The molecule has 8 nitrogen and oxygen atoms in total. The highest BCUT2D eigenvalue weighted by molar-refractivity contribution is 8.02. The molecule has 3 aliphatic rings. The lowest BCUT2D eigenvalue weighted by Crippen LogP contribution is -2.54. The molecular weight excluding hydrogens is 490 g/mol. The van der Waals surface area contributed by atoms with Crippen LogP contribution < -0.4 is 15.4 Å². The number of rotatable bonds is 9. The van der Waals surface area contributed by atoms with E-state index in [1.165, 1.54) is 0 Å². The second-order valence-corrected chi connectivity index (χ2v) is 11.6. The van der Waals surface area contributed by atoms with E-state index in [1.807, 2.05) is 37.3 Å². The Labute approximate surface area is 221 Å². The lowest BCUT2D eigenvalue weighted by Gasteiger charge is -2.36. The molecule has 2 aromatic rings. The molecular formula is C28H33N3O5S. The predicted octanol–water partition coefficient (Wildman–Crippen LogP) is 2.81. The summed E-state index contributed by atoms with van der Waals surface area (Å²) in [6.45, 7) is 2.05. The summed E-state index contributed by atoms with van der Waals surface area (Å²) in [5.41, 5.74) is 1.59. The van der Waals surface area contributed by atoms with Crippen molar-refractivity contribution in [3.8, 4) is 5.75 Å². The Balaban J connectivity index is 1.43. The molecule has 2 unspecified atom stereocenters. The van der Waals surface area contributed by atoms with E-state index >= 15 is 0 Å². The Morgan fingerprint density at radius 1 is 1.16 bits per heavy atom. The van der Waals surface area contributed by atoms with E-state index in [-0.39, 0.29) is 29.6 Å². The highest BCUT2D eigenvalue weighted by Crippen LogP contribution is 2.66. The fourth-order valence-corrected chi connectivity index (χ4v) is 8.49. The summed E-state index contributed by atoms with van der Waals surface area (Å²) in [5, 5.41) is 16.1. The highest BCUT2D eigenvalue weighted by Gasteiger charge is 2.74. The molecule has 0 saturated carbocycles. The standard InChI is InChI=1S/C28H33N3O5S/c1-3-19(16-32)31-24(26(34)30-18-9-11-20(36-2)12-10-18)28-14-13-21(37-28)22(23(28)27(31)35)25(33)29-15-17-7-5-4-6-8-17/h4-12,19,21-24,32H,3,13-16H2,1-2H3,(H,29,33)(H,30,34)/t19-,21-,22+,23-,24?,28?/m0/s1. The van der Waals surface area contributed by atoms with Crippen molar-refractivity contribution >= 4 is 35.2 Å². The van der Waals surface area contributed by atoms with Crippen molar-refractivity contribution in [1.82, 2.24) is 10.2 Å². The van der Waals surface area contributed by atoms with Crippen LogP contribution in [-0.4, -0.2) is 63.5 Å². The molecule has 0 aromatic heterocycles. The molecule has 3 heterocycles. The van der Waals surface area contributed by atoms with Gasteiger partial charge >= 0.3 is 0 Å². The fourth-order valence-electron chi connectivity index (χ4n) is 6.29. The molecule has 0 radical (unpaired) electrons. The van der Waals surface area contributed by atoms with E-state index in [0.717, 1.165) is 12.0 Å². The summed E-state index contributed by atoms with van der Waals surface area (Å²) in [4.78, 5) is 42.9. The number of hydrogen-bond donors (Lipinski definition) is 3. The summed E-state index contributed by atoms with van der Waals surface area (Å²) < 4.78 is 4.51. The van der Waals surface area contributed by atoms with Gasteiger partial charge in [-0.1, -0.05) is 37.3 Å². The molecule has 5 rings (SSSR count). The van der Waals surface area contributed by atoms with E-state index in [2.05, 4.69) is 10.6 Å². The molecule has 196 valence electrons. The van der Waals surface area contributed by atoms with E-state index in [4.69, 9.17) is 4.74 Å². The number of amides is 3. The Kier molecular flexibility index (Phi) is 7.18. The number of anilines is 1. The number of nitrogens with zero attached hydrogens (tertiary/aromatic N) is 1. The molecule has 3 aliphatic heterocycles. The minimum atomic E-state index is -0.772. The largest absolute Gasteiger partial charge is 0.497 e. The van der Waals surface area contributed by atoms with Gasteiger partial charge in [0, 0.05) is 17.5 Å². The zero-order valence-corrected chi connectivity index (χ0v) is 21.9. The third-order valence-electron chi connectivity index (χ3n) is 8.03. The minimum Gasteiger partial charge on any atom is -0.497 e. The molecule has 3 saturated heterocycles. The number of hydrogen-bond acceptors (Lipinski definition) is 6. The quantitative estimate of drug-likeness (QED) is 0.467. The second kappa shape index (κ2) is 10.4. The number of methoxy groups -OCH3 is 1. The maximum atomic E-state index is 14.0. The first-order chi connectivity index (χ1) is 17.9. The van der Waals surface area contributed by atoms with Gasteiger partial charge in [-0.15, -0.1) is 11.8 Å². The van der Waals surface area contributed by atoms with Gasteiger partial charge < -0.3 is 25.4 Å². The summed E-state index contributed by atoms with van der Waals surface area (Å²) in [6, 6.07) is 15.5. The van der Waals surface area contributed by atoms with Crippen molar-refractivity contribution in [2.45, 2.75) is 54.8 Å². The average Bonchev–Trinajstić information content (AvgIpc) is 3.57. The lowest BCUT2D eigenvalue weighted by molar-refractivity contribution is -0.142. The molecule has 3 amide bonds. The predicted molar refractivity (Wildman–Crippen MR) is 142 cm³/mol. The number of aliphatic hydroxyl groups is 1. The Morgan fingerprint density at radius 3 is 2.54 bits per heavy atom. The van der Waals surface area contributed by atoms with Gasteiger partial charge in [0.2, 0.25) is 17.7 Å². The van der Waals surface area contributed by atoms with Gasteiger partial charge in [0.15, 0.2) is 0 Å². The van der Waals surface area contributed by atoms with Crippen molar-refractivity contribution in [3.05, 3.63) is 60.2 Å². The van der Waals surface area contributed by atoms with Crippen molar-refractivity contribution in [1.29, 1.82) is 0 Å². The van der Waals surface area contributed by atoms with Crippen molar-refractivity contribution in [3.63, 3.8) is 0 Å². The first-order valence-electron chi connectivity index (χ1n) is 12.8. The van der Waals surface area contributed by atoms with Crippen LogP contribution in [0.5, 0.6) is 5.75 Å². The van der Waals surface area contributed by atoms with Crippen LogP contribution >= 0.6 is 11.8 Å². The zero-order valence-electron chi connectivity index (χ0n) is 21.1. The number of carbonyl (C=O) groups excluding carboxylic acids is 3. The smallest absolute Gasteiger partial charge is 0.248 e. The van der Waals surface area contributed by atoms with Gasteiger partial charge in [-0.05, 0) is 49.1 Å². The average molecular weight is 524 g/mol. The number of fused-ring (bicyclic) bond motifs is 1. The van der Waals surface area contributed by atoms with E-state index in [1.54, 1.807) is 48.0 Å². The third kappa shape index (κ3) is 4.38. The molecule has 2 aromatic carbocycles. The molecule has 3 N–H and O–H groups in total. The number of likely N-dealkylation sites (tertiary alicyclic amines) is 1. The minimum absolute atomic E-state index is 0.0163. The van der Waals surface area contributed by atoms with E-state index < -0.39 is 28.7 Å². The van der Waals surface area contributed by atoms with Crippen LogP contribution in [0.4, 0.5) is 5.69 Å². The summed E-state index contributed by atoms with van der Waals surface area (Å²) in [6.07, 6.45) is 1.96. The number of ether oxygens (including phenoxy) is 1. The second-order valence-electron chi connectivity index (χ2n) is 9.97. The molecule has 3 fully saturated rings. The fraction of sp³-hybridized carbons (Fsp3) is 0.464. The Morgan fingerprint density at radius 2 is 1.89 bits per heavy atom. The van der Waals surface area contributed by atoms with E-state index in [0.29, 0.717) is 30.8 Å². The maximum Gasteiger partial charge on any atom is 0.248 e. The molecule has 0 aliphatic carbocycles. The van der Waals surface area contributed by atoms with Crippen molar-refractivity contribution in [2.24, 2.45) is 11.8 Å². The van der Waals surface area contributed by atoms with Gasteiger partial charge in [0.25, 0.3) is 0 Å². The van der Waals surface area contributed by atoms with Gasteiger partial charge in [-0.25, -0.2) is 0 Å². The van der Waals surface area contributed by atoms with Gasteiger partial charge in [-0.3, -0.25) is 14.4 Å². The van der Waals surface area contributed by atoms with Crippen LogP contribution in [-0.2, 0) is 20.9 Å². The van der Waals surface area contributed by atoms with Crippen molar-refractivity contribution in [2.75, 3.05) is 19.0 Å². The normalized spacial score (nSPS) is 28.6. The van der Waals surface area contributed by atoms with Crippen LogP contribution in [0.25, 0.3) is 0 Å². The van der Waals surface area contributed by atoms with Gasteiger partial charge in [0.1, 0.15) is 11.8 Å². The van der Waals surface area contributed by atoms with Crippen molar-refractivity contribution < 1.29 is 24.2 Å². The zero-order chi connectivity index (χ0) is 26.2. The molecule has 37 heavy (non-hydrogen) atoms. The van der Waals surface area contributed by atoms with Gasteiger partial charge in [-0.2, -0.15) is 0 Å². The van der Waals surface area contributed by atoms with Crippen LogP contribution in [0, 0.1) is 11.8 Å². The molecule has 2 bridgehead atoms. The Hall–Kier alpha value is -3.04. The number of aliphatic hydroxyl groups excluding tert-OH is 1. The molecule has 9 heteroatoms.